The first-order valence-corrected chi connectivity index (χ1v) is 5.89. The molecule has 0 aliphatic heterocycles. The molecule has 2 rings (SSSR count). The molecule has 78 valence electrons. The van der Waals surface area contributed by atoms with Crippen LogP contribution in [0.4, 0.5) is 5.13 Å². The largest absolute Gasteiger partial charge is 0.359 e. The van der Waals surface area contributed by atoms with E-state index in [-0.39, 0.29) is 6.04 Å². The van der Waals surface area contributed by atoms with Crippen molar-refractivity contribution in [1.82, 2.24) is 9.36 Å². The number of aryl methyl sites for hydroxylation is 1. The van der Waals surface area contributed by atoms with Gasteiger partial charge in [0.1, 0.15) is 5.82 Å². The van der Waals surface area contributed by atoms with E-state index in [1.165, 1.54) is 24.4 Å². The van der Waals surface area contributed by atoms with Gasteiger partial charge in [0.25, 0.3) is 0 Å². The SMILES string of the molecule is CCc1nsc(NCC(N)C2CC2)n1. The third kappa shape index (κ3) is 2.42. The van der Waals surface area contributed by atoms with E-state index in [0.29, 0.717) is 0 Å². The average molecular weight is 212 g/mol. The normalized spacial score (nSPS) is 18.1. The Morgan fingerprint density at radius 1 is 1.64 bits per heavy atom. The van der Waals surface area contributed by atoms with Crippen molar-refractivity contribution in [1.29, 1.82) is 0 Å². The zero-order chi connectivity index (χ0) is 9.97. The van der Waals surface area contributed by atoms with Crippen LogP contribution in [0.25, 0.3) is 0 Å². The molecule has 0 aromatic carbocycles. The Kier molecular flexibility index (Phi) is 2.98. The number of anilines is 1. The van der Waals surface area contributed by atoms with E-state index in [0.717, 1.165) is 29.8 Å². The highest BCUT2D eigenvalue weighted by atomic mass is 32.1. The lowest BCUT2D eigenvalue weighted by Crippen LogP contribution is -2.30. The number of hydrogen-bond acceptors (Lipinski definition) is 5. The molecule has 3 N–H and O–H groups in total. The Bertz CT molecular complexity index is 295. The zero-order valence-electron chi connectivity index (χ0n) is 8.36. The minimum Gasteiger partial charge on any atom is -0.359 e. The molecular formula is C9H16N4S. The highest BCUT2D eigenvalue weighted by molar-refractivity contribution is 7.09. The second kappa shape index (κ2) is 4.23. The lowest BCUT2D eigenvalue weighted by Gasteiger charge is -2.09. The minimum atomic E-state index is 0.281. The Labute approximate surface area is 88.1 Å². The van der Waals surface area contributed by atoms with Crippen LogP contribution in [0.3, 0.4) is 0 Å². The zero-order valence-corrected chi connectivity index (χ0v) is 9.18. The fourth-order valence-electron chi connectivity index (χ4n) is 1.37. The predicted octanol–water partition coefficient (Wildman–Crippen LogP) is 1.25. The van der Waals surface area contributed by atoms with Gasteiger partial charge in [-0.25, -0.2) is 4.98 Å². The van der Waals surface area contributed by atoms with Crippen LogP contribution in [0.15, 0.2) is 0 Å². The molecule has 0 radical (unpaired) electrons. The van der Waals surface area contributed by atoms with E-state index < -0.39 is 0 Å². The summed E-state index contributed by atoms with van der Waals surface area (Å²) in [5, 5.41) is 4.14. The van der Waals surface area contributed by atoms with Crippen molar-refractivity contribution in [2.45, 2.75) is 32.2 Å². The van der Waals surface area contributed by atoms with Crippen LogP contribution >= 0.6 is 11.5 Å². The molecule has 1 fully saturated rings. The Morgan fingerprint density at radius 2 is 2.43 bits per heavy atom. The summed E-state index contributed by atoms with van der Waals surface area (Å²) in [6.45, 7) is 2.88. The molecule has 1 aliphatic rings. The summed E-state index contributed by atoms with van der Waals surface area (Å²) in [6.07, 6.45) is 3.48. The number of rotatable bonds is 5. The molecule has 1 heterocycles. The van der Waals surface area contributed by atoms with Crippen molar-refractivity contribution in [2.75, 3.05) is 11.9 Å². The van der Waals surface area contributed by atoms with Crippen molar-refractivity contribution >= 4 is 16.7 Å². The van der Waals surface area contributed by atoms with Gasteiger partial charge in [0.05, 0.1) is 0 Å². The van der Waals surface area contributed by atoms with Crippen LogP contribution in [-0.2, 0) is 6.42 Å². The van der Waals surface area contributed by atoms with E-state index in [2.05, 4.69) is 21.6 Å². The Morgan fingerprint density at radius 3 is 3.00 bits per heavy atom. The third-order valence-corrected chi connectivity index (χ3v) is 3.21. The van der Waals surface area contributed by atoms with Crippen molar-refractivity contribution < 1.29 is 0 Å². The number of nitrogens with zero attached hydrogens (tertiary/aromatic N) is 2. The van der Waals surface area contributed by atoms with Gasteiger partial charge in [0, 0.05) is 30.5 Å². The number of aromatic nitrogens is 2. The first-order valence-electron chi connectivity index (χ1n) is 5.11. The number of hydrogen-bond donors (Lipinski definition) is 2. The van der Waals surface area contributed by atoms with Gasteiger partial charge in [0.2, 0.25) is 5.13 Å². The maximum absolute atomic E-state index is 5.96. The Balaban J connectivity index is 1.78. The molecule has 1 saturated carbocycles. The van der Waals surface area contributed by atoms with E-state index in [1.807, 2.05) is 0 Å². The summed E-state index contributed by atoms with van der Waals surface area (Å²) in [5.74, 6) is 1.65. The molecule has 1 aromatic heterocycles. The van der Waals surface area contributed by atoms with Gasteiger partial charge in [-0.05, 0) is 18.8 Å². The standard InChI is InChI=1S/C9H16N4S/c1-2-8-12-9(14-13-8)11-5-7(10)6-3-4-6/h6-7H,2-5,10H2,1H3,(H,11,12,13). The molecule has 14 heavy (non-hydrogen) atoms. The molecule has 1 aliphatic carbocycles. The van der Waals surface area contributed by atoms with Crippen molar-refractivity contribution in [2.24, 2.45) is 11.7 Å². The molecule has 0 saturated heterocycles. The number of nitrogens with two attached hydrogens (primary N) is 1. The molecule has 5 heteroatoms. The van der Waals surface area contributed by atoms with Gasteiger partial charge in [0.15, 0.2) is 0 Å². The molecule has 4 nitrogen and oxygen atoms in total. The minimum absolute atomic E-state index is 0.281. The molecule has 0 bridgehead atoms. The molecule has 0 spiro atoms. The van der Waals surface area contributed by atoms with Gasteiger partial charge >= 0.3 is 0 Å². The predicted molar refractivity (Wildman–Crippen MR) is 58.5 cm³/mol. The van der Waals surface area contributed by atoms with Crippen LogP contribution in [0.5, 0.6) is 0 Å². The molecular weight excluding hydrogens is 196 g/mol. The monoisotopic (exact) mass is 212 g/mol. The lowest BCUT2D eigenvalue weighted by molar-refractivity contribution is 0.620. The molecule has 1 atom stereocenters. The summed E-state index contributed by atoms with van der Waals surface area (Å²) in [7, 11) is 0. The third-order valence-electron chi connectivity index (χ3n) is 2.50. The second-order valence-electron chi connectivity index (χ2n) is 3.75. The van der Waals surface area contributed by atoms with Gasteiger partial charge in [-0.2, -0.15) is 4.37 Å². The Hall–Kier alpha value is -0.680. The topological polar surface area (TPSA) is 63.8 Å². The van der Waals surface area contributed by atoms with Crippen LogP contribution in [0.1, 0.15) is 25.6 Å². The van der Waals surface area contributed by atoms with E-state index in [9.17, 15) is 0 Å². The fraction of sp³-hybridized carbons (Fsp3) is 0.778. The quantitative estimate of drug-likeness (QED) is 0.771. The summed E-state index contributed by atoms with van der Waals surface area (Å²) in [6, 6.07) is 0.281. The molecule has 0 amide bonds. The second-order valence-corrected chi connectivity index (χ2v) is 4.50. The first-order chi connectivity index (χ1) is 6.79. The molecule has 1 aromatic rings. The van der Waals surface area contributed by atoms with Crippen LogP contribution < -0.4 is 11.1 Å². The lowest BCUT2D eigenvalue weighted by atomic mass is 10.2. The number of nitrogens with one attached hydrogen (secondary N) is 1. The highest BCUT2D eigenvalue weighted by Gasteiger charge is 2.28. The van der Waals surface area contributed by atoms with Gasteiger partial charge in [-0.15, -0.1) is 0 Å². The van der Waals surface area contributed by atoms with Crippen molar-refractivity contribution in [3.63, 3.8) is 0 Å². The average Bonchev–Trinajstić information content (AvgIpc) is 2.94. The van der Waals surface area contributed by atoms with E-state index in [4.69, 9.17) is 5.73 Å². The van der Waals surface area contributed by atoms with Crippen molar-refractivity contribution in [3.05, 3.63) is 5.82 Å². The summed E-state index contributed by atoms with van der Waals surface area (Å²) < 4.78 is 4.20. The summed E-state index contributed by atoms with van der Waals surface area (Å²) >= 11 is 1.42. The van der Waals surface area contributed by atoms with Gasteiger partial charge < -0.3 is 11.1 Å². The smallest absolute Gasteiger partial charge is 0.202 e. The van der Waals surface area contributed by atoms with Crippen molar-refractivity contribution in [3.8, 4) is 0 Å². The fourth-order valence-corrected chi connectivity index (χ4v) is 2.02. The molecule has 1 unspecified atom stereocenters. The van der Waals surface area contributed by atoms with Gasteiger partial charge in [-0.3, -0.25) is 0 Å². The summed E-state index contributed by atoms with van der Waals surface area (Å²) in [5.41, 5.74) is 5.96. The van der Waals surface area contributed by atoms with Gasteiger partial charge in [-0.1, -0.05) is 6.92 Å². The highest BCUT2D eigenvalue weighted by Crippen LogP contribution is 2.31. The van der Waals surface area contributed by atoms with Crippen LogP contribution in [0, 0.1) is 5.92 Å². The van der Waals surface area contributed by atoms with E-state index >= 15 is 0 Å². The maximum atomic E-state index is 5.96. The van der Waals surface area contributed by atoms with Crippen LogP contribution in [-0.4, -0.2) is 21.9 Å². The summed E-state index contributed by atoms with van der Waals surface area (Å²) in [4.78, 5) is 4.32. The maximum Gasteiger partial charge on any atom is 0.202 e. The van der Waals surface area contributed by atoms with E-state index in [1.54, 1.807) is 0 Å². The first kappa shape index (κ1) is 9.86. The van der Waals surface area contributed by atoms with Crippen LogP contribution in [0.2, 0.25) is 0 Å².